The molecule has 168 valence electrons. The Hall–Kier alpha value is -4.07. The van der Waals surface area contributed by atoms with Gasteiger partial charge in [-0.05, 0) is 30.7 Å². The van der Waals surface area contributed by atoms with E-state index in [-0.39, 0.29) is 11.8 Å². The standard InChI is InChI=1S/C25H27N7O/c1-4-27-22-9-8-17(14-30-22)21-12-23(32-15-31-21)29-13-16(2)18-6-5-7-19-20(25(33)26-3)10-11-28-24(18)19/h5-12,14-16H,4,13H2,1-3H3,(H,26,33)(H,27,30)(H,29,31,32)/t16-/m1/s1. The van der Waals surface area contributed by atoms with Crippen LogP contribution in [0.4, 0.5) is 11.6 Å². The maximum Gasteiger partial charge on any atom is 0.251 e. The number of nitrogens with one attached hydrogen (secondary N) is 3. The number of benzene rings is 1. The fourth-order valence-corrected chi connectivity index (χ4v) is 3.74. The molecular weight excluding hydrogens is 414 g/mol. The van der Waals surface area contributed by atoms with E-state index in [1.807, 2.05) is 37.3 Å². The highest BCUT2D eigenvalue weighted by atomic mass is 16.1. The predicted octanol–water partition coefficient (Wildman–Crippen LogP) is 4.09. The van der Waals surface area contributed by atoms with Crippen molar-refractivity contribution in [2.45, 2.75) is 19.8 Å². The molecule has 0 aliphatic heterocycles. The van der Waals surface area contributed by atoms with Gasteiger partial charge in [-0.2, -0.15) is 0 Å². The molecule has 0 saturated carbocycles. The van der Waals surface area contributed by atoms with Crippen molar-refractivity contribution in [1.29, 1.82) is 0 Å². The fraction of sp³-hybridized carbons (Fsp3) is 0.240. The normalized spacial score (nSPS) is 11.7. The van der Waals surface area contributed by atoms with Crippen LogP contribution in [0.15, 0.2) is 61.2 Å². The lowest BCUT2D eigenvalue weighted by molar-refractivity contribution is 0.0964. The Morgan fingerprint density at radius 2 is 1.88 bits per heavy atom. The van der Waals surface area contributed by atoms with Gasteiger partial charge >= 0.3 is 0 Å². The van der Waals surface area contributed by atoms with Gasteiger partial charge < -0.3 is 16.0 Å². The van der Waals surface area contributed by atoms with E-state index in [1.165, 1.54) is 0 Å². The van der Waals surface area contributed by atoms with Crippen molar-refractivity contribution in [2.24, 2.45) is 0 Å². The van der Waals surface area contributed by atoms with E-state index >= 15 is 0 Å². The van der Waals surface area contributed by atoms with Crippen molar-refractivity contribution < 1.29 is 4.79 Å². The summed E-state index contributed by atoms with van der Waals surface area (Å²) in [6.45, 7) is 5.64. The molecule has 33 heavy (non-hydrogen) atoms. The smallest absolute Gasteiger partial charge is 0.251 e. The Balaban J connectivity index is 1.51. The third-order valence-electron chi connectivity index (χ3n) is 5.48. The van der Waals surface area contributed by atoms with Gasteiger partial charge in [-0.1, -0.05) is 25.1 Å². The first-order chi connectivity index (χ1) is 16.1. The molecule has 4 rings (SSSR count). The molecule has 8 heteroatoms. The first-order valence-corrected chi connectivity index (χ1v) is 11.0. The van der Waals surface area contributed by atoms with Crippen LogP contribution < -0.4 is 16.0 Å². The second kappa shape index (κ2) is 10.0. The van der Waals surface area contributed by atoms with E-state index in [9.17, 15) is 4.79 Å². The number of aromatic nitrogens is 4. The van der Waals surface area contributed by atoms with Crippen LogP contribution in [0.25, 0.3) is 22.2 Å². The number of carbonyl (C=O) groups excluding carboxylic acids is 1. The number of nitrogens with zero attached hydrogens (tertiary/aromatic N) is 4. The lowest BCUT2D eigenvalue weighted by atomic mass is 9.96. The van der Waals surface area contributed by atoms with Gasteiger partial charge in [-0.15, -0.1) is 0 Å². The molecular formula is C25H27N7O. The highest BCUT2D eigenvalue weighted by Gasteiger charge is 2.15. The highest BCUT2D eigenvalue weighted by Crippen LogP contribution is 2.27. The van der Waals surface area contributed by atoms with Crippen LogP contribution >= 0.6 is 0 Å². The van der Waals surface area contributed by atoms with E-state index < -0.39 is 0 Å². The van der Waals surface area contributed by atoms with Crippen LogP contribution in [-0.4, -0.2) is 46.0 Å². The first kappa shape index (κ1) is 22.1. The van der Waals surface area contributed by atoms with Crippen LogP contribution in [0.5, 0.6) is 0 Å². The third kappa shape index (κ3) is 4.90. The zero-order valence-corrected chi connectivity index (χ0v) is 19.0. The number of anilines is 2. The van der Waals surface area contributed by atoms with Crippen molar-refractivity contribution in [3.63, 3.8) is 0 Å². The zero-order valence-electron chi connectivity index (χ0n) is 19.0. The van der Waals surface area contributed by atoms with Crippen LogP contribution in [0, 0.1) is 0 Å². The third-order valence-corrected chi connectivity index (χ3v) is 5.48. The molecule has 0 saturated heterocycles. The van der Waals surface area contributed by atoms with Gasteiger partial charge in [0.25, 0.3) is 5.91 Å². The van der Waals surface area contributed by atoms with Gasteiger partial charge in [0, 0.05) is 55.5 Å². The van der Waals surface area contributed by atoms with Gasteiger partial charge in [0.2, 0.25) is 0 Å². The number of pyridine rings is 2. The Kier molecular flexibility index (Phi) is 6.73. The summed E-state index contributed by atoms with van der Waals surface area (Å²) in [4.78, 5) is 30.0. The van der Waals surface area contributed by atoms with Gasteiger partial charge in [0.15, 0.2) is 0 Å². The number of rotatable bonds is 8. The van der Waals surface area contributed by atoms with Crippen molar-refractivity contribution in [2.75, 3.05) is 30.8 Å². The van der Waals surface area contributed by atoms with Gasteiger partial charge in [0.05, 0.1) is 16.8 Å². The summed E-state index contributed by atoms with van der Waals surface area (Å²) in [6, 6.07) is 13.6. The molecule has 0 aliphatic carbocycles. The quantitative estimate of drug-likeness (QED) is 0.378. The number of hydrogen-bond acceptors (Lipinski definition) is 7. The van der Waals surface area contributed by atoms with Gasteiger partial charge in [-0.3, -0.25) is 9.78 Å². The van der Waals surface area contributed by atoms with Crippen LogP contribution in [0.1, 0.15) is 35.7 Å². The molecule has 0 aliphatic rings. The van der Waals surface area contributed by atoms with E-state index in [1.54, 1.807) is 31.8 Å². The second-order valence-corrected chi connectivity index (χ2v) is 7.71. The minimum Gasteiger partial charge on any atom is -0.370 e. The molecule has 4 aromatic rings. The van der Waals surface area contributed by atoms with Crippen molar-refractivity contribution in [3.8, 4) is 11.3 Å². The minimum atomic E-state index is -0.119. The van der Waals surface area contributed by atoms with Gasteiger partial charge in [-0.25, -0.2) is 15.0 Å². The molecule has 0 unspecified atom stereocenters. The largest absolute Gasteiger partial charge is 0.370 e. The molecule has 3 N–H and O–H groups in total. The molecule has 0 radical (unpaired) electrons. The van der Waals surface area contributed by atoms with E-state index in [0.29, 0.717) is 12.1 Å². The van der Waals surface area contributed by atoms with Crippen molar-refractivity contribution in [1.82, 2.24) is 25.3 Å². The Morgan fingerprint density at radius 1 is 1.00 bits per heavy atom. The maximum atomic E-state index is 12.2. The summed E-state index contributed by atoms with van der Waals surface area (Å²) in [5.74, 6) is 1.60. The van der Waals surface area contributed by atoms with Crippen molar-refractivity contribution in [3.05, 3.63) is 72.3 Å². The van der Waals surface area contributed by atoms with Gasteiger partial charge in [0.1, 0.15) is 18.0 Å². The van der Waals surface area contributed by atoms with Crippen LogP contribution in [0.3, 0.4) is 0 Å². The lowest BCUT2D eigenvalue weighted by Crippen LogP contribution is -2.18. The SMILES string of the molecule is CCNc1ccc(-c2cc(NC[C@@H](C)c3cccc4c(C(=O)NC)ccnc34)ncn2)cn1. The molecule has 0 bridgehead atoms. The average Bonchev–Trinajstić information content (AvgIpc) is 2.87. The number of hydrogen-bond donors (Lipinski definition) is 3. The minimum absolute atomic E-state index is 0.119. The first-order valence-electron chi connectivity index (χ1n) is 11.0. The summed E-state index contributed by atoms with van der Waals surface area (Å²) in [6.07, 6.45) is 5.04. The fourth-order valence-electron chi connectivity index (χ4n) is 3.74. The number of amides is 1. The predicted molar refractivity (Wildman–Crippen MR) is 131 cm³/mol. The lowest BCUT2D eigenvalue weighted by Gasteiger charge is -2.16. The molecule has 3 heterocycles. The maximum absolute atomic E-state index is 12.2. The van der Waals surface area contributed by atoms with Crippen molar-refractivity contribution >= 4 is 28.4 Å². The molecule has 1 atom stereocenters. The Labute approximate surface area is 192 Å². The Morgan fingerprint density at radius 3 is 2.64 bits per heavy atom. The molecule has 1 amide bonds. The summed E-state index contributed by atoms with van der Waals surface area (Å²) in [5.41, 5.74) is 4.26. The molecule has 8 nitrogen and oxygen atoms in total. The summed E-state index contributed by atoms with van der Waals surface area (Å²) in [7, 11) is 1.63. The molecule has 0 fully saturated rings. The van der Waals surface area contributed by atoms with E-state index in [0.717, 1.165) is 45.9 Å². The Bertz CT molecular complexity index is 1260. The zero-order chi connectivity index (χ0) is 23.2. The number of carbonyl (C=O) groups is 1. The topological polar surface area (TPSA) is 105 Å². The molecule has 3 aromatic heterocycles. The van der Waals surface area contributed by atoms with Crippen LogP contribution in [0.2, 0.25) is 0 Å². The average molecular weight is 442 g/mol. The molecule has 0 spiro atoms. The monoisotopic (exact) mass is 441 g/mol. The second-order valence-electron chi connectivity index (χ2n) is 7.71. The number of para-hydroxylation sites is 1. The molecule has 1 aromatic carbocycles. The number of fused-ring (bicyclic) bond motifs is 1. The highest BCUT2D eigenvalue weighted by molar-refractivity contribution is 6.06. The summed E-state index contributed by atoms with van der Waals surface area (Å²) < 4.78 is 0. The summed E-state index contributed by atoms with van der Waals surface area (Å²) >= 11 is 0. The van der Waals surface area contributed by atoms with E-state index in [4.69, 9.17) is 0 Å². The summed E-state index contributed by atoms with van der Waals surface area (Å²) in [5, 5.41) is 10.1. The van der Waals surface area contributed by atoms with Crippen LogP contribution in [-0.2, 0) is 0 Å². The van der Waals surface area contributed by atoms with E-state index in [2.05, 4.69) is 48.9 Å².